The molecule has 1 fully saturated rings. The molecule has 0 bridgehead atoms. The number of likely N-dealkylation sites (tertiary alicyclic amines) is 1. The van der Waals surface area contributed by atoms with Crippen LogP contribution in [0.2, 0.25) is 0 Å². The first-order valence-electron chi connectivity index (χ1n) is 7.29. The van der Waals surface area contributed by atoms with Crippen LogP contribution in [0.3, 0.4) is 0 Å². The summed E-state index contributed by atoms with van der Waals surface area (Å²) in [7, 11) is 0. The lowest BCUT2D eigenvalue weighted by atomic mass is 10.2. The van der Waals surface area contributed by atoms with Crippen molar-refractivity contribution in [3.05, 3.63) is 17.4 Å². The predicted octanol–water partition coefficient (Wildman–Crippen LogP) is 1.00. The Morgan fingerprint density at radius 1 is 1.42 bits per heavy atom. The fourth-order valence-corrected chi connectivity index (χ4v) is 3.55. The molecule has 2 aromatic heterocycles. The maximum Gasteiger partial charge on any atom is 0.471 e. The van der Waals surface area contributed by atoms with Crippen molar-refractivity contribution in [2.24, 2.45) is 0 Å². The lowest BCUT2D eigenvalue weighted by molar-refractivity contribution is -0.186. The van der Waals surface area contributed by atoms with E-state index in [1.54, 1.807) is 4.52 Å². The summed E-state index contributed by atoms with van der Waals surface area (Å²) in [6.07, 6.45) is -2.45. The van der Waals surface area contributed by atoms with Gasteiger partial charge in [-0.3, -0.25) is 9.59 Å². The first-order valence-corrected chi connectivity index (χ1v) is 8.17. The highest BCUT2D eigenvalue weighted by Crippen LogP contribution is 2.25. The van der Waals surface area contributed by atoms with E-state index in [0.717, 1.165) is 10.7 Å². The predicted molar refractivity (Wildman–Crippen MR) is 78.4 cm³/mol. The summed E-state index contributed by atoms with van der Waals surface area (Å²) >= 11 is 1.41. The summed E-state index contributed by atoms with van der Waals surface area (Å²) in [5, 5.41) is 8.50. The lowest BCUT2D eigenvalue weighted by Crippen LogP contribution is -2.50. The molecule has 2 aromatic rings. The number of fused-ring (bicyclic) bond motifs is 1. The van der Waals surface area contributed by atoms with Crippen LogP contribution in [0.4, 0.5) is 13.2 Å². The molecule has 0 spiro atoms. The molecule has 24 heavy (non-hydrogen) atoms. The normalized spacial score (nSPS) is 18.3. The Hall–Kier alpha value is -2.17. The molecule has 130 valence electrons. The minimum absolute atomic E-state index is 0.0550. The molecule has 0 radical (unpaired) electrons. The molecular formula is C13H14F3N5O2S. The average Bonchev–Trinajstić information content (AvgIpc) is 3.22. The van der Waals surface area contributed by atoms with Gasteiger partial charge in [-0.05, 0) is 12.8 Å². The van der Waals surface area contributed by atoms with Crippen molar-refractivity contribution in [2.75, 3.05) is 13.1 Å². The lowest BCUT2D eigenvalue weighted by Gasteiger charge is -2.24. The van der Waals surface area contributed by atoms with Crippen LogP contribution in [0.15, 0.2) is 11.7 Å². The van der Waals surface area contributed by atoms with Crippen molar-refractivity contribution in [3.8, 4) is 0 Å². The number of thiazole rings is 1. The molecular weight excluding hydrogens is 347 g/mol. The summed E-state index contributed by atoms with van der Waals surface area (Å²) < 4.78 is 39.3. The number of rotatable bonds is 4. The van der Waals surface area contributed by atoms with Crippen LogP contribution in [0.5, 0.6) is 0 Å². The molecule has 1 unspecified atom stereocenters. The molecule has 2 amide bonds. The van der Waals surface area contributed by atoms with E-state index in [0.29, 0.717) is 17.7 Å². The molecule has 1 atom stereocenters. The topological polar surface area (TPSA) is 79.6 Å². The number of amides is 2. The molecule has 1 saturated heterocycles. The number of nitrogens with zero attached hydrogens (tertiary/aromatic N) is 4. The Labute approximate surface area is 138 Å². The highest BCUT2D eigenvalue weighted by atomic mass is 32.1. The van der Waals surface area contributed by atoms with Crippen LogP contribution < -0.4 is 5.32 Å². The summed E-state index contributed by atoms with van der Waals surface area (Å²) in [5.41, 5.74) is 0.849. The van der Waals surface area contributed by atoms with Gasteiger partial charge >= 0.3 is 12.1 Å². The summed E-state index contributed by atoms with van der Waals surface area (Å²) in [6, 6.07) is -1.06. The summed E-state index contributed by atoms with van der Waals surface area (Å²) in [6.45, 7) is 0.190. The van der Waals surface area contributed by atoms with E-state index in [-0.39, 0.29) is 19.5 Å². The number of halogens is 3. The smallest absolute Gasteiger partial charge is 0.354 e. The molecule has 7 nitrogen and oxygen atoms in total. The zero-order valence-electron chi connectivity index (χ0n) is 12.4. The zero-order chi connectivity index (χ0) is 17.3. The van der Waals surface area contributed by atoms with Crippen molar-refractivity contribution in [3.63, 3.8) is 0 Å². The Kier molecular flexibility index (Phi) is 4.43. The third-order valence-corrected chi connectivity index (χ3v) is 4.71. The SMILES string of the molecule is O=C(NCCc1csc2ncnn12)C1CCCN1C(=O)C(F)(F)F. The molecule has 1 N–H and O–H groups in total. The second-order valence-electron chi connectivity index (χ2n) is 5.38. The van der Waals surface area contributed by atoms with Gasteiger partial charge < -0.3 is 10.2 Å². The second-order valence-corrected chi connectivity index (χ2v) is 6.21. The minimum Gasteiger partial charge on any atom is -0.354 e. The average molecular weight is 361 g/mol. The molecule has 0 saturated carbocycles. The van der Waals surface area contributed by atoms with E-state index in [1.807, 2.05) is 5.38 Å². The van der Waals surface area contributed by atoms with Crippen LogP contribution in [-0.4, -0.2) is 56.6 Å². The molecule has 0 aromatic carbocycles. The van der Waals surface area contributed by atoms with Gasteiger partial charge in [-0.1, -0.05) is 0 Å². The Bertz CT molecular complexity index is 756. The highest BCUT2D eigenvalue weighted by molar-refractivity contribution is 7.15. The van der Waals surface area contributed by atoms with Crippen LogP contribution in [-0.2, 0) is 16.0 Å². The number of hydrogen-bond acceptors (Lipinski definition) is 5. The van der Waals surface area contributed by atoms with E-state index >= 15 is 0 Å². The van der Waals surface area contributed by atoms with Gasteiger partial charge in [-0.2, -0.15) is 18.3 Å². The van der Waals surface area contributed by atoms with Crippen LogP contribution >= 0.6 is 11.3 Å². The quantitative estimate of drug-likeness (QED) is 0.881. The van der Waals surface area contributed by atoms with Gasteiger partial charge in [0.2, 0.25) is 10.9 Å². The second kappa shape index (κ2) is 6.38. The van der Waals surface area contributed by atoms with E-state index in [2.05, 4.69) is 15.4 Å². The molecule has 3 heterocycles. The fourth-order valence-electron chi connectivity index (χ4n) is 2.72. The van der Waals surface area contributed by atoms with Gasteiger partial charge in [-0.25, -0.2) is 9.50 Å². The third kappa shape index (κ3) is 3.21. The fraction of sp³-hybridized carbons (Fsp3) is 0.538. The number of carbonyl (C=O) groups is 2. The number of aromatic nitrogens is 3. The van der Waals surface area contributed by atoms with Gasteiger partial charge in [0.1, 0.15) is 12.4 Å². The van der Waals surface area contributed by atoms with E-state index in [1.165, 1.54) is 17.7 Å². The van der Waals surface area contributed by atoms with E-state index in [4.69, 9.17) is 0 Å². The standard InChI is InChI=1S/C13H14F3N5O2S/c14-13(15,16)11(23)20-5-1-2-9(20)10(22)17-4-3-8-6-24-12-18-7-19-21(8)12/h6-7,9H,1-5H2,(H,17,22). The van der Waals surface area contributed by atoms with E-state index in [9.17, 15) is 22.8 Å². The molecule has 1 aliphatic rings. The monoisotopic (exact) mass is 361 g/mol. The minimum atomic E-state index is -4.96. The van der Waals surface area contributed by atoms with Crippen molar-refractivity contribution < 1.29 is 22.8 Å². The maximum atomic E-state index is 12.6. The van der Waals surface area contributed by atoms with Crippen molar-refractivity contribution in [2.45, 2.75) is 31.5 Å². The summed E-state index contributed by atoms with van der Waals surface area (Å²) in [5.74, 6) is -2.52. The van der Waals surface area contributed by atoms with Crippen molar-refractivity contribution >= 4 is 28.1 Å². The third-order valence-electron chi connectivity index (χ3n) is 3.83. The molecule has 1 aliphatic heterocycles. The van der Waals surface area contributed by atoms with Crippen molar-refractivity contribution in [1.82, 2.24) is 24.8 Å². The number of alkyl halides is 3. The van der Waals surface area contributed by atoms with Gasteiger partial charge in [0.15, 0.2) is 0 Å². The van der Waals surface area contributed by atoms with Gasteiger partial charge in [0.05, 0.1) is 5.69 Å². The van der Waals surface area contributed by atoms with E-state index < -0.39 is 24.0 Å². The zero-order valence-corrected chi connectivity index (χ0v) is 13.2. The maximum absolute atomic E-state index is 12.6. The first-order chi connectivity index (χ1) is 11.4. The Morgan fingerprint density at radius 2 is 2.21 bits per heavy atom. The number of carbonyl (C=O) groups excluding carboxylic acids is 2. The summed E-state index contributed by atoms with van der Waals surface area (Å²) in [4.78, 5) is 28.9. The molecule has 0 aliphatic carbocycles. The Morgan fingerprint density at radius 3 is 2.96 bits per heavy atom. The van der Waals surface area contributed by atoms with Crippen molar-refractivity contribution in [1.29, 1.82) is 0 Å². The largest absolute Gasteiger partial charge is 0.471 e. The first kappa shape index (κ1) is 16.7. The highest BCUT2D eigenvalue weighted by Gasteiger charge is 2.47. The van der Waals surface area contributed by atoms with Crippen LogP contribution in [0.25, 0.3) is 4.96 Å². The van der Waals surface area contributed by atoms with Crippen LogP contribution in [0, 0.1) is 0 Å². The Balaban J connectivity index is 1.56. The molecule has 3 rings (SSSR count). The number of nitrogens with one attached hydrogen (secondary N) is 1. The van der Waals surface area contributed by atoms with Gasteiger partial charge in [-0.15, -0.1) is 11.3 Å². The number of hydrogen-bond donors (Lipinski definition) is 1. The van der Waals surface area contributed by atoms with Crippen LogP contribution in [0.1, 0.15) is 18.5 Å². The molecule has 11 heteroatoms. The van der Waals surface area contributed by atoms with Gasteiger partial charge in [0, 0.05) is 24.9 Å². The van der Waals surface area contributed by atoms with Gasteiger partial charge in [0.25, 0.3) is 0 Å².